The van der Waals surface area contributed by atoms with Crippen molar-refractivity contribution in [3.05, 3.63) is 76.1 Å². The van der Waals surface area contributed by atoms with Crippen LogP contribution in [0, 0.1) is 5.82 Å². The van der Waals surface area contributed by atoms with Crippen LogP contribution in [0.4, 0.5) is 25.5 Å². The Labute approximate surface area is 245 Å². The molecule has 2 atom stereocenters. The molecule has 1 aromatic carbocycles. The molecular formula is C28H29ClFN5O7. The fraction of sp³-hybridized carbons (Fsp3) is 0.321. The number of likely N-dealkylation sites (tertiary alicyclic amines) is 1. The number of carbonyl (C=O) groups excluding carboxylic acids is 3. The Morgan fingerprint density at radius 2 is 1.88 bits per heavy atom. The molecule has 1 aliphatic heterocycles. The highest BCUT2D eigenvalue weighted by Crippen LogP contribution is 2.25. The number of pyridine rings is 2. The molecule has 12 nitrogen and oxygen atoms in total. The van der Waals surface area contributed by atoms with E-state index in [1.54, 1.807) is 26.8 Å². The molecule has 0 saturated carbocycles. The summed E-state index contributed by atoms with van der Waals surface area (Å²) in [6.07, 6.45) is 1.44. The van der Waals surface area contributed by atoms with Gasteiger partial charge in [-0.1, -0.05) is 11.6 Å². The number of amides is 3. The molecule has 1 aliphatic rings. The predicted molar refractivity (Wildman–Crippen MR) is 152 cm³/mol. The quantitative estimate of drug-likeness (QED) is 0.391. The first-order valence-electron chi connectivity index (χ1n) is 12.8. The summed E-state index contributed by atoms with van der Waals surface area (Å²) in [5, 5.41) is 5.51. The number of carbonyl (C=O) groups is 3. The van der Waals surface area contributed by atoms with Crippen molar-refractivity contribution < 1.29 is 33.0 Å². The van der Waals surface area contributed by atoms with E-state index in [0.29, 0.717) is 5.02 Å². The molecule has 4 rings (SSSR count). The van der Waals surface area contributed by atoms with Gasteiger partial charge in [0.05, 0.1) is 22.5 Å². The van der Waals surface area contributed by atoms with Gasteiger partial charge in [-0.2, -0.15) is 0 Å². The van der Waals surface area contributed by atoms with Gasteiger partial charge >= 0.3 is 12.2 Å². The lowest BCUT2D eigenvalue weighted by molar-refractivity contribution is -0.119. The lowest BCUT2D eigenvalue weighted by Crippen LogP contribution is -2.45. The second-order valence-corrected chi connectivity index (χ2v) is 10.8. The molecular weight excluding hydrogens is 573 g/mol. The van der Waals surface area contributed by atoms with Crippen LogP contribution in [-0.2, 0) is 14.3 Å². The van der Waals surface area contributed by atoms with Crippen LogP contribution in [0.5, 0.6) is 5.75 Å². The van der Waals surface area contributed by atoms with Gasteiger partial charge in [0.1, 0.15) is 23.3 Å². The molecule has 0 aliphatic carbocycles. The van der Waals surface area contributed by atoms with Gasteiger partial charge in [0.15, 0.2) is 5.75 Å². The molecule has 2 N–H and O–H groups in total. The predicted octanol–water partition coefficient (Wildman–Crippen LogP) is 4.60. The van der Waals surface area contributed by atoms with Crippen LogP contribution in [0.15, 0.2) is 59.7 Å². The topological polar surface area (TPSA) is 141 Å². The van der Waals surface area contributed by atoms with Crippen molar-refractivity contribution in [1.29, 1.82) is 0 Å². The number of anilines is 2. The summed E-state index contributed by atoms with van der Waals surface area (Å²) >= 11 is 5.84. The normalized spacial score (nSPS) is 16.6. The zero-order valence-corrected chi connectivity index (χ0v) is 24.0. The van der Waals surface area contributed by atoms with Gasteiger partial charge in [-0.3, -0.25) is 19.5 Å². The molecule has 0 radical (unpaired) electrons. The molecule has 2 aromatic heterocycles. The first kappa shape index (κ1) is 30.5. The monoisotopic (exact) mass is 601 g/mol. The summed E-state index contributed by atoms with van der Waals surface area (Å²) in [6.45, 7) is 5.07. The summed E-state index contributed by atoms with van der Waals surface area (Å²) in [7, 11) is 1.47. The van der Waals surface area contributed by atoms with Crippen molar-refractivity contribution in [1.82, 2.24) is 14.5 Å². The van der Waals surface area contributed by atoms with Gasteiger partial charge in [0.25, 0.3) is 5.56 Å². The lowest BCUT2D eigenvalue weighted by Gasteiger charge is -2.24. The second kappa shape index (κ2) is 12.6. The first-order valence-corrected chi connectivity index (χ1v) is 13.2. The van der Waals surface area contributed by atoms with E-state index < -0.39 is 47.2 Å². The maximum absolute atomic E-state index is 15.2. The summed E-state index contributed by atoms with van der Waals surface area (Å²) in [6, 6.07) is 7.97. The smallest absolute Gasteiger partial charge is 0.428 e. The standard InChI is InChI=1S/C28H29ClFN5O7/c1-28(2,3)42-27(39)41-22-6-5-11-34(25(22)37)17-8-9-20(19(30)12-17)32-24(36)21-13-18(40-4)15-35(21)26(38)33-23-10-7-16(29)14-31-23/h5-12,14,18,21H,13,15H2,1-4H3,(H,32,36)(H,31,33,38)/t18-,21-/m1/s1. The van der Waals surface area contributed by atoms with Crippen LogP contribution in [0.3, 0.4) is 0 Å². The number of hydrogen-bond acceptors (Lipinski definition) is 8. The highest BCUT2D eigenvalue weighted by molar-refractivity contribution is 6.30. The zero-order chi connectivity index (χ0) is 30.6. The Bertz CT molecular complexity index is 1540. The van der Waals surface area contributed by atoms with Crippen molar-refractivity contribution in [2.75, 3.05) is 24.3 Å². The summed E-state index contributed by atoms with van der Waals surface area (Å²) in [5.41, 5.74) is -1.61. The number of urea groups is 1. The number of hydrogen-bond donors (Lipinski definition) is 2. The molecule has 3 amide bonds. The first-order chi connectivity index (χ1) is 19.8. The van der Waals surface area contributed by atoms with Crippen LogP contribution >= 0.6 is 11.6 Å². The minimum Gasteiger partial charge on any atom is -0.428 e. The van der Waals surface area contributed by atoms with Crippen molar-refractivity contribution >= 4 is 41.2 Å². The van der Waals surface area contributed by atoms with E-state index in [1.165, 1.54) is 54.7 Å². The van der Waals surface area contributed by atoms with E-state index in [-0.39, 0.29) is 35.9 Å². The van der Waals surface area contributed by atoms with Crippen LogP contribution in [-0.4, -0.2) is 63.9 Å². The number of aromatic nitrogens is 2. The number of benzene rings is 1. The summed E-state index contributed by atoms with van der Waals surface area (Å²) in [5.74, 6) is -1.55. The van der Waals surface area contributed by atoms with E-state index in [0.717, 1.165) is 10.6 Å². The average molecular weight is 602 g/mol. The number of ether oxygens (including phenoxy) is 3. The highest BCUT2D eigenvalue weighted by Gasteiger charge is 2.40. The van der Waals surface area contributed by atoms with E-state index in [4.69, 9.17) is 25.8 Å². The number of rotatable bonds is 6. The number of nitrogens with zero attached hydrogens (tertiary/aromatic N) is 3. The Morgan fingerprint density at radius 3 is 2.52 bits per heavy atom. The Hall–Kier alpha value is -4.49. The Morgan fingerprint density at radius 1 is 1.12 bits per heavy atom. The third kappa shape index (κ3) is 7.42. The fourth-order valence-electron chi connectivity index (χ4n) is 4.16. The maximum Gasteiger partial charge on any atom is 0.514 e. The fourth-order valence-corrected chi connectivity index (χ4v) is 4.27. The van der Waals surface area contributed by atoms with Crippen molar-refractivity contribution in [3.8, 4) is 11.4 Å². The SMILES string of the molecule is CO[C@@H]1C[C@H](C(=O)Nc2ccc(-n3cccc(OC(=O)OC(C)(C)C)c3=O)cc2F)N(C(=O)Nc2ccc(Cl)cn2)C1. The molecule has 1 fully saturated rings. The number of nitrogens with one attached hydrogen (secondary N) is 2. The average Bonchev–Trinajstić information content (AvgIpc) is 3.36. The van der Waals surface area contributed by atoms with E-state index in [2.05, 4.69) is 15.6 Å². The van der Waals surface area contributed by atoms with Crippen molar-refractivity contribution in [2.45, 2.75) is 44.9 Å². The van der Waals surface area contributed by atoms with Gasteiger partial charge in [0, 0.05) is 38.5 Å². The minimum absolute atomic E-state index is 0.113. The van der Waals surface area contributed by atoms with Gasteiger partial charge < -0.3 is 24.4 Å². The van der Waals surface area contributed by atoms with Gasteiger partial charge in [-0.05, 0) is 57.2 Å². The van der Waals surface area contributed by atoms with Crippen LogP contribution < -0.4 is 20.9 Å². The molecule has 42 heavy (non-hydrogen) atoms. The van der Waals surface area contributed by atoms with E-state index >= 15 is 4.39 Å². The van der Waals surface area contributed by atoms with Crippen molar-refractivity contribution in [2.24, 2.45) is 0 Å². The molecule has 14 heteroatoms. The zero-order valence-electron chi connectivity index (χ0n) is 23.2. The number of halogens is 2. The third-order valence-electron chi connectivity index (χ3n) is 6.11. The van der Waals surface area contributed by atoms with E-state index in [1.807, 2.05) is 0 Å². The molecule has 1 saturated heterocycles. The van der Waals surface area contributed by atoms with Crippen LogP contribution in [0.2, 0.25) is 5.02 Å². The molecule has 0 bridgehead atoms. The minimum atomic E-state index is -1.06. The van der Waals surface area contributed by atoms with Crippen LogP contribution in [0.25, 0.3) is 5.69 Å². The second-order valence-electron chi connectivity index (χ2n) is 10.3. The molecule has 222 valence electrons. The summed E-state index contributed by atoms with van der Waals surface area (Å²) < 4.78 is 31.7. The molecule has 0 unspecified atom stereocenters. The number of methoxy groups -OCH3 is 1. The van der Waals surface area contributed by atoms with Crippen molar-refractivity contribution in [3.63, 3.8) is 0 Å². The molecule has 0 spiro atoms. The summed E-state index contributed by atoms with van der Waals surface area (Å²) in [4.78, 5) is 56.4. The Balaban J connectivity index is 1.49. The van der Waals surface area contributed by atoms with E-state index in [9.17, 15) is 19.2 Å². The van der Waals surface area contributed by atoms with Gasteiger partial charge in [-0.25, -0.2) is 19.0 Å². The lowest BCUT2D eigenvalue weighted by atomic mass is 10.1. The molecule has 3 heterocycles. The largest absolute Gasteiger partial charge is 0.514 e. The molecule has 3 aromatic rings. The Kier molecular flexibility index (Phi) is 9.12. The maximum atomic E-state index is 15.2. The van der Waals surface area contributed by atoms with Gasteiger partial charge in [0.2, 0.25) is 5.91 Å². The third-order valence-corrected chi connectivity index (χ3v) is 6.33. The van der Waals surface area contributed by atoms with Gasteiger partial charge in [-0.15, -0.1) is 0 Å². The van der Waals surface area contributed by atoms with Crippen LogP contribution in [0.1, 0.15) is 27.2 Å². The highest BCUT2D eigenvalue weighted by atomic mass is 35.5.